The van der Waals surface area contributed by atoms with Gasteiger partial charge in [-0.15, -0.1) is 0 Å². The predicted octanol–water partition coefficient (Wildman–Crippen LogP) is 5.23. The summed E-state index contributed by atoms with van der Waals surface area (Å²) in [5.74, 6) is 1.98. The third-order valence-corrected chi connectivity index (χ3v) is 5.17. The minimum atomic E-state index is -0.0119. The molecule has 0 saturated carbocycles. The van der Waals surface area contributed by atoms with Crippen molar-refractivity contribution in [3.63, 3.8) is 0 Å². The van der Waals surface area contributed by atoms with Gasteiger partial charge in [0, 0.05) is 28.3 Å². The Kier molecular flexibility index (Phi) is 5.58. The van der Waals surface area contributed by atoms with E-state index < -0.39 is 0 Å². The predicted molar refractivity (Wildman–Crippen MR) is 112 cm³/mol. The number of rotatable bonds is 5. The van der Waals surface area contributed by atoms with E-state index in [-0.39, 0.29) is 5.91 Å². The number of hydrogen-bond donors (Lipinski definition) is 0. The smallest absolute Gasteiger partial charge is 0.254 e. The molecule has 2 aromatic carbocycles. The van der Waals surface area contributed by atoms with E-state index in [2.05, 4.69) is 19.0 Å². The molecule has 1 amide bonds. The summed E-state index contributed by atoms with van der Waals surface area (Å²) in [4.78, 5) is 14.7. The summed E-state index contributed by atoms with van der Waals surface area (Å²) in [5.41, 5.74) is 3.46. The van der Waals surface area contributed by atoms with E-state index in [1.165, 1.54) is 0 Å². The number of benzene rings is 2. The topological polar surface area (TPSA) is 55.6 Å². The van der Waals surface area contributed by atoms with Gasteiger partial charge in [-0.2, -0.15) is 0 Å². The SMILES string of the molecule is CC(C)COc1ccc(C(=O)N2CCc3c(noc3-c3ccc(Cl)cc3)C2)cc1. The molecule has 0 unspecified atom stereocenters. The van der Waals surface area contributed by atoms with Crippen LogP contribution in [0.25, 0.3) is 11.3 Å². The molecule has 0 spiro atoms. The van der Waals surface area contributed by atoms with E-state index >= 15 is 0 Å². The summed E-state index contributed by atoms with van der Waals surface area (Å²) in [7, 11) is 0. The van der Waals surface area contributed by atoms with E-state index in [4.69, 9.17) is 20.9 Å². The second-order valence-electron chi connectivity index (χ2n) is 7.65. The van der Waals surface area contributed by atoms with Crippen LogP contribution in [0.1, 0.15) is 35.5 Å². The first-order chi connectivity index (χ1) is 14.0. The fourth-order valence-electron chi connectivity index (χ4n) is 3.37. The summed E-state index contributed by atoms with van der Waals surface area (Å²) < 4.78 is 11.3. The Morgan fingerprint density at radius 3 is 2.59 bits per heavy atom. The lowest BCUT2D eigenvalue weighted by Crippen LogP contribution is -2.35. The first kappa shape index (κ1) is 19.5. The van der Waals surface area contributed by atoms with Gasteiger partial charge in [0.05, 0.1) is 13.2 Å². The van der Waals surface area contributed by atoms with Crippen LogP contribution >= 0.6 is 11.6 Å². The fourth-order valence-corrected chi connectivity index (χ4v) is 3.50. The molecule has 29 heavy (non-hydrogen) atoms. The summed E-state index contributed by atoms with van der Waals surface area (Å²) in [6.45, 7) is 5.93. The standard InChI is InChI=1S/C23H23ClN2O3/c1-15(2)14-28-19-9-5-17(6-10-19)23(27)26-12-11-20-21(13-26)25-29-22(20)16-3-7-18(24)8-4-16/h3-10,15H,11-14H2,1-2H3. The van der Waals surface area contributed by atoms with Gasteiger partial charge in [0.15, 0.2) is 5.76 Å². The zero-order valence-corrected chi connectivity index (χ0v) is 17.3. The number of aromatic nitrogens is 1. The third-order valence-electron chi connectivity index (χ3n) is 4.92. The Hall–Kier alpha value is -2.79. The zero-order chi connectivity index (χ0) is 20.4. The minimum absolute atomic E-state index is 0.0119. The molecule has 4 rings (SSSR count). The quantitative estimate of drug-likeness (QED) is 0.578. The summed E-state index contributed by atoms with van der Waals surface area (Å²) >= 11 is 5.97. The van der Waals surface area contributed by atoms with Gasteiger partial charge < -0.3 is 14.2 Å². The second kappa shape index (κ2) is 8.29. The number of hydrogen-bond acceptors (Lipinski definition) is 4. The van der Waals surface area contributed by atoms with Crippen molar-refractivity contribution in [1.29, 1.82) is 0 Å². The van der Waals surface area contributed by atoms with Crippen molar-refractivity contribution < 1.29 is 14.1 Å². The summed E-state index contributed by atoms with van der Waals surface area (Å²) in [6.07, 6.45) is 0.706. The van der Waals surface area contributed by atoms with E-state index in [1.807, 2.05) is 48.5 Å². The number of carbonyl (C=O) groups excluding carboxylic acids is 1. The molecule has 1 aromatic heterocycles. The molecular weight excluding hydrogens is 388 g/mol. The van der Waals surface area contributed by atoms with Gasteiger partial charge in [-0.1, -0.05) is 30.6 Å². The van der Waals surface area contributed by atoms with Gasteiger partial charge in [0.2, 0.25) is 0 Å². The average molecular weight is 411 g/mol. The highest BCUT2D eigenvalue weighted by Gasteiger charge is 2.27. The van der Waals surface area contributed by atoms with E-state index in [0.29, 0.717) is 42.6 Å². The average Bonchev–Trinajstić information content (AvgIpc) is 3.16. The lowest BCUT2D eigenvalue weighted by molar-refractivity contribution is 0.0731. The number of nitrogens with zero attached hydrogens (tertiary/aromatic N) is 2. The molecule has 3 aromatic rings. The van der Waals surface area contributed by atoms with Gasteiger partial charge in [-0.3, -0.25) is 4.79 Å². The lowest BCUT2D eigenvalue weighted by Gasteiger charge is -2.26. The van der Waals surface area contributed by atoms with Gasteiger partial charge in [0.1, 0.15) is 11.4 Å². The molecule has 0 aliphatic carbocycles. The normalized spacial score (nSPS) is 13.4. The van der Waals surface area contributed by atoms with E-state index in [1.54, 1.807) is 4.90 Å². The van der Waals surface area contributed by atoms with Crippen LogP contribution in [0.3, 0.4) is 0 Å². The van der Waals surface area contributed by atoms with Crippen molar-refractivity contribution >= 4 is 17.5 Å². The molecule has 6 heteroatoms. The number of amides is 1. The van der Waals surface area contributed by atoms with Crippen LogP contribution in [0.4, 0.5) is 0 Å². The Labute approximate surface area is 175 Å². The molecule has 0 fully saturated rings. The van der Waals surface area contributed by atoms with Gasteiger partial charge in [-0.05, 0) is 60.9 Å². The van der Waals surface area contributed by atoms with Crippen LogP contribution in [0.2, 0.25) is 5.02 Å². The number of ether oxygens (including phenoxy) is 1. The molecular formula is C23H23ClN2O3. The molecule has 0 N–H and O–H groups in total. The molecule has 0 radical (unpaired) electrons. The van der Waals surface area contributed by atoms with Crippen molar-refractivity contribution in [3.8, 4) is 17.1 Å². The van der Waals surface area contributed by atoms with Crippen LogP contribution < -0.4 is 4.74 Å². The Bertz CT molecular complexity index is 994. The van der Waals surface area contributed by atoms with Gasteiger partial charge in [0.25, 0.3) is 5.91 Å². The maximum atomic E-state index is 12.9. The minimum Gasteiger partial charge on any atom is -0.493 e. The molecule has 1 aliphatic heterocycles. The third kappa shape index (κ3) is 4.30. The molecule has 150 valence electrons. The highest BCUT2D eigenvalue weighted by atomic mass is 35.5. The molecule has 5 nitrogen and oxygen atoms in total. The fraction of sp³-hybridized carbons (Fsp3) is 0.304. The molecule has 0 bridgehead atoms. The summed E-state index contributed by atoms with van der Waals surface area (Å²) in [6, 6.07) is 14.8. The molecule has 0 atom stereocenters. The molecule has 1 aliphatic rings. The van der Waals surface area contributed by atoms with E-state index in [0.717, 1.165) is 28.3 Å². The number of carbonyl (C=O) groups is 1. The maximum Gasteiger partial charge on any atom is 0.254 e. The van der Waals surface area contributed by atoms with Crippen LogP contribution in [-0.2, 0) is 13.0 Å². The Morgan fingerprint density at radius 2 is 1.90 bits per heavy atom. The first-order valence-corrected chi connectivity index (χ1v) is 10.1. The number of halogens is 1. The van der Waals surface area contributed by atoms with Crippen molar-refractivity contribution in [2.75, 3.05) is 13.2 Å². The highest BCUT2D eigenvalue weighted by molar-refractivity contribution is 6.30. The van der Waals surface area contributed by atoms with Crippen LogP contribution in [0.15, 0.2) is 53.1 Å². The molecule has 2 heterocycles. The van der Waals surface area contributed by atoms with Crippen LogP contribution in [-0.4, -0.2) is 29.1 Å². The monoisotopic (exact) mass is 410 g/mol. The lowest BCUT2D eigenvalue weighted by atomic mass is 10.00. The highest BCUT2D eigenvalue weighted by Crippen LogP contribution is 2.31. The van der Waals surface area contributed by atoms with E-state index in [9.17, 15) is 4.79 Å². The zero-order valence-electron chi connectivity index (χ0n) is 16.5. The van der Waals surface area contributed by atoms with Gasteiger partial charge >= 0.3 is 0 Å². The largest absolute Gasteiger partial charge is 0.493 e. The Balaban J connectivity index is 1.46. The van der Waals surface area contributed by atoms with Gasteiger partial charge in [-0.25, -0.2) is 0 Å². The van der Waals surface area contributed by atoms with Crippen molar-refractivity contribution in [1.82, 2.24) is 10.1 Å². The summed E-state index contributed by atoms with van der Waals surface area (Å²) in [5, 5.41) is 4.89. The Morgan fingerprint density at radius 1 is 1.17 bits per heavy atom. The van der Waals surface area contributed by atoms with Crippen LogP contribution in [0, 0.1) is 5.92 Å². The number of fused-ring (bicyclic) bond motifs is 1. The van der Waals surface area contributed by atoms with Crippen molar-refractivity contribution in [3.05, 3.63) is 70.4 Å². The molecule has 0 saturated heterocycles. The van der Waals surface area contributed by atoms with Crippen molar-refractivity contribution in [2.45, 2.75) is 26.8 Å². The van der Waals surface area contributed by atoms with Crippen LogP contribution in [0.5, 0.6) is 5.75 Å². The second-order valence-corrected chi connectivity index (χ2v) is 8.09. The van der Waals surface area contributed by atoms with Crippen molar-refractivity contribution in [2.24, 2.45) is 5.92 Å². The maximum absolute atomic E-state index is 12.9. The first-order valence-electron chi connectivity index (χ1n) is 9.77.